The van der Waals surface area contributed by atoms with Crippen molar-refractivity contribution in [3.05, 3.63) is 63.6 Å². The van der Waals surface area contributed by atoms with Gasteiger partial charge < -0.3 is 10.2 Å². The van der Waals surface area contributed by atoms with Crippen LogP contribution in [-0.2, 0) is 16.1 Å². The number of carbonyl (C=O) groups excluding carboxylic acids is 2. The number of benzene rings is 2. The van der Waals surface area contributed by atoms with Crippen molar-refractivity contribution < 1.29 is 9.59 Å². The van der Waals surface area contributed by atoms with E-state index in [-0.39, 0.29) is 18.4 Å². The molecule has 4 nitrogen and oxygen atoms in total. The Morgan fingerprint density at radius 1 is 1.10 bits per heavy atom. The minimum Gasteiger partial charge on any atom is -0.357 e. The van der Waals surface area contributed by atoms with Gasteiger partial charge in [-0.1, -0.05) is 53.9 Å². The number of hydrogen-bond donors (Lipinski definition) is 1. The van der Waals surface area contributed by atoms with Crippen LogP contribution in [0.2, 0.25) is 10.0 Å². The molecule has 0 fully saturated rings. The van der Waals surface area contributed by atoms with E-state index in [1.54, 1.807) is 41.9 Å². The molecule has 0 saturated carbocycles. The first-order valence-corrected chi connectivity index (χ1v) is 11.2. The number of nitrogens with zero attached hydrogens (tertiary/aromatic N) is 1. The van der Waals surface area contributed by atoms with Crippen LogP contribution < -0.4 is 5.32 Å². The van der Waals surface area contributed by atoms with Crippen LogP contribution in [0, 0.1) is 6.92 Å². The highest BCUT2D eigenvalue weighted by Crippen LogP contribution is 2.27. The molecule has 0 bridgehead atoms. The summed E-state index contributed by atoms with van der Waals surface area (Å²) >= 11 is 14.2. The first-order valence-electron chi connectivity index (χ1n) is 9.50. The van der Waals surface area contributed by atoms with E-state index in [4.69, 9.17) is 23.2 Å². The van der Waals surface area contributed by atoms with Gasteiger partial charge in [-0.25, -0.2) is 0 Å². The predicted octanol–water partition coefficient (Wildman–Crippen LogP) is 5.34. The van der Waals surface area contributed by atoms with Crippen LogP contribution in [0.4, 0.5) is 0 Å². The molecule has 29 heavy (non-hydrogen) atoms. The average molecular weight is 453 g/mol. The van der Waals surface area contributed by atoms with Gasteiger partial charge >= 0.3 is 0 Å². The molecule has 156 valence electrons. The number of nitrogens with one attached hydrogen (secondary N) is 1. The summed E-state index contributed by atoms with van der Waals surface area (Å²) in [6.07, 6.45) is 0.812. The van der Waals surface area contributed by atoms with E-state index < -0.39 is 6.04 Å². The van der Waals surface area contributed by atoms with Crippen LogP contribution >= 0.6 is 35.0 Å². The SMILES string of the molecule is CCC(C(=O)NC)N(Cc1c(Cl)cccc1Cl)C(=O)CCSc1ccc(C)cc1. The molecule has 2 amide bonds. The van der Waals surface area contributed by atoms with E-state index in [0.717, 1.165) is 4.90 Å². The highest BCUT2D eigenvalue weighted by molar-refractivity contribution is 7.99. The smallest absolute Gasteiger partial charge is 0.242 e. The lowest BCUT2D eigenvalue weighted by Crippen LogP contribution is -2.48. The van der Waals surface area contributed by atoms with Crippen molar-refractivity contribution in [3.8, 4) is 0 Å². The molecular formula is C22H26Cl2N2O2S. The summed E-state index contributed by atoms with van der Waals surface area (Å²) in [6, 6.07) is 12.8. The maximum atomic E-state index is 13.1. The molecule has 1 atom stereocenters. The van der Waals surface area contributed by atoms with Gasteiger partial charge in [-0.05, 0) is 37.6 Å². The van der Waals surface area contributed by atoms with Gasteiger partial charge in [-0.2, -0.15) is 0 Å². The number of aryl methyl sites for hydroxylation is 1. The quantitative estimate of drug-likeness (QED) is 0.522. The fraction of sp³-hybridized carbons (Fsp3) is 0.364. The molecule has 1 N–H and O–H groups in total. The van der Waals surface area contributed by atoms with Gasteiger partial charge in [0.2, 0.25) is 11.8 Å². The molecule has 1 unspecified atom stereocenters. The maximum absolute atomic E-state index is 13.1. The molecule has 0 aliphatic carbocycles. The van der Waals surface area contributed by atoms with Crippen molar-refractivity contribution in [1.29, 1.82) is 0 Å². The summed E-state index contributed by atoms with van der Waals surface area (Å²) in [5.74, 6) is 0.324. The Labute approximate surface area is 187 Å². The number of thioether (sulfide) groups is 1. The average Bonchev–Trinajstić information content (AvgIpc) is 2.71. The Morgan fingerprint density at radius 2 is 1.72 bits per heavy atom. The van der Waals surface area contributed by atoms with E-state index in [0.29, 0.717) is 34.2 Å². The van der Waals surface area contributed by atoms with Crippen molar-refractivity contribution in [3.63, 3.8) is 0 Å². The lowest BCUT2D eigenvalue weighted by Gasteiger charge is -2.31. The van der Waals surface area contributed by atoms with Crippen LogP contribution in [0.25, 0.3) is 0 Å². The zero-order valence-electron chi connectivity index (χ0n) is 16.9. The summed E-state index contributed by atoms with van der Waals surface area (Å²) in [5, 5.41) is 3.61. The molecule has 0 spiro atoms. The highest BCUT2D eigenvalue weighted by atomic mass is 35.5. The second-order valence-corrected chi connectivity index (χ2v) is 8.65. The lowest BCUT2D eigenvalue weighted by atomic mass is 10.1. The monoisotopic (exact) mass is 452 g/mol. The summed E-state index contributed by atoms with van der Waals surface area (Å²) < 4.78 is 0. The second kappa shape index (κ2) is 11.5. The van der Waals surface area contributed by atoms with Crippen molar-refractivity contribution in [2.75, 3.05) is 12.8 Å². The van der Waals surface area contributed by atoms with E-state index in [2.05, 4.69) is 17.4 Å². The standard InChI is InChI=1S/C22H26Cl2N2O2S/c1-4-20(22(28)25-3)26(14-17-18(23)6-5-7-19(17)24)21(27)12-13-29-16-10-8-15(2)9-11-16/h5-11,20H,4,12-14H2,1-3H3,(H,25,28). The number of amides is 2. The Hall–Kier alpha value is -1.69. The molecule has 0 aliphatic heterocycles. The lowest BCUT2D eigenvalue weighted by molar-refractivity contribution is -0.140. The molecule has 2 aromatic carbocycles. The number of rotatable bonds is 9. The van der Waals surface area contributed by atoms with E-state index in [1.165, 1.54) is 5.56 Å². The Bertz CT molecular complexity index is 823. The van der Waals surface area contributed by atoms with Gasteiger partial charge in [0.1, 0.15) is 6.04 Å². The second-order valence-electron chi connectivity index (χ2n) is 6.67. The van der Waals surface area contributed by atoms with Crippen LogP contribution in [0.15, 0.2) is 47.4 Å². The van der Waals surface area contributed by atoms with E-state index >= 15 is 0 Å². The van der Waals surface area contributed by atoms with Gasteiger partial charge in [-0.3, -0.25) is 9.59 Å². The first-order chi connectivity index (χ1) is 13.9. The summed E-state index contributed by atoms with van der Waals surface area (Å²) in [6.45, 7) is 4.12. The fourth-order valence-corrected chi connectivity index (χ4v) is 4.33. The predicted molar refractivity (Wildman–Crippen MR) is 122 cm³/mol. The zero-order chi connectivity index (χ0) is 21.4. The largest absolute Gasteiger partial charge is 0.357 e. The van der Waals surface area contributed by atoms with Crippen LogP contribution in [0.3, 0.4) is 0 Å². The van der Waals surface area contributed by atoms with Crippen LogP contribution in [-0.4, -0.2) is 35.6 Å². The first kappa shape index (κ1) is 23.6. The molecular weight excluding hydrogens is 427 g/mol. The van der Waals surface area contributed by atoms with Gasteiger partial charge in [0.05, 0.1) is 0 Å². The van der Waals surface area contributed by atoms with Gasteiger partial charge in [0.15, 0.2) is 0 Å². The minimum absolute atomic E-state index is 0.101. The van der Waals surface area contributed by atoms with Crippen molar-refractivity contribution >= 4 is 46.8 Å². The van der Waals surface area contributed by atoms with Gasteiger partial charge in [-0.15, -0.1) is 11.8 Å². The molecule has 0 saturated heterocycles. The number of likely N-dealkylation sites (N-methyl/N-ethyl adjacent to an activating group) is 1. The number of hydrogen-bond acceptors (Lipinski definition) is 3. The van der Waals surface area contributed by atoms with Gasteiger partial charge in [0, 0.05) is 46.3 Å². The molecule has 2 aromatic rings. The third-order valence-electron chi connectivity index (χ3n) is 4.63. The van der Waals surface area contributed by atoms with Gasteiger partial charge in [0.25, 0.3) is 0 Å². The molecule has 0 heterocycles. The zero-order valence-corrected chi connectivity index (χ0v) is 19.2. The third kappa shape index (κ3) is 6.66. The third-order valence-corrected chi connectivity index (χ3v) is 6.35. The van der Waals surface area contributed by atoms with Crippen molar-refractivity contribution in [2.45, 2.75) is 44.2 Å². The van der Waals surface area contributed by atoms with Crippen molar-refractivity contribution in [1.82, 2.24) is 10.2 Å². The molecule has 0 radical (unpaired) electrons. The van der Waals surface area contributed by atoms with Crippen LogP contribution in [0.5, 0.6) is 0 Å². The molecule has 7 heteroatoms. The minimum atomic E-state index is -0.579. The summed E-state index contributed by atoms with van der Waals surface area (Å²) in [7, 11) is 1.57. The number of halogens is 2. The van der Waals surface area contributed by atoms with E-state index in [1.807, 2.05) is 26.0 Å². The fourth-order valence-electron chi connectivity index (χ4n) is 2.97. The maximum Gasteiger partial charge on any atom is 0.242 e. The molecule has 2 rings (SSSR count). The summed E-state index contributed by atoms with van der Waals surface area (Å²) in [4.78, 5) is 28.2. The van der Waals surface area contributed by atoms with Crippen LogP contribution in [0.1, 0.15) is 30.9 Å². The molecule has 0 aromatic heterocycles. The molecule has 0 aliphatic rings. The topological polar surface area (TPSA) is 49.4 Å². The normalized spacial score (nSPS) is 11.8. The summed E-state index contributed by atoms with van der Waals surface area (Å²) in [5.41, 5.74) is 1.85. The van der Waals surface area contributed by atoms with E-state index in [9.17, 15) is 9.59 Å². The Kier molecular flexibility index (Phi) is 9.34. The Morgan fingerprint density at radius 3 is 2.28 bits per heavy atom. The Balaban J connectivity index is 2.15. The number of carbonyl (C=O) groups is 2. The highest BCUT2D eigenvalue weighted by Gasteiger charge is 2.28. The van der Waals surface area contributed by atoms with Crippen molar-refractivity contribution in [2.24, 2.45) is 0 Å².